The first-order chi connectivity index (χ1) is 12.6. The van der Waals surface area contributed by atoms with Crippen LogP contribution in [0, 0.1) is 5.92 Å². The Bertz CT molecular complexity index is 779. The zero-order valence-corrected chi connectivity index (χ0v) is 15.4. The third-order valence-corrected chi connectivity index (χ3v) is 8.10. The number of ether oxygens (including phenoxy) is 1. The lowest BCUT2D eigenvalue weighted by atomic mass is 9.48. The fourth-order valence-electron chi connectivity index (χ4n) is 6.73. The Morgan fingerprint density at radius 2 is 2.19 bits per heavy atom. The van der Waals surface area contributed by atoms with E-state index in [0.29, 0.717) is 5.75 Å². The highest BCUT2D eigenvalue weighted by atomic mass is 16.5. The van der Waals surface area contributed by atoms with E-state index in [9.17, 15) is 10.2 Å². The normalized spacial score (nSPS) is 43.1. The highest BCUT2D eigenvalue weighted by Gasteiger charge is 2.72. The minimum atomic E-state index is -0.789. The Kier molecular flexibility index (Phi) is 2.99. The summed E-state index contributed by atoms with van der Waals surface area (Å²) in [7, 11) is 1.98. The second-order valence-corrected chi connectivity index (χ2v) is 9.28. The van der Waals surface area contributed by atoms with Crippen LogP contribution in [0.3, 0.4) is 0 Å². The molecule has 0 amide bonds. The summed E-state index contributed by atoms with van der Waals surface area (Å²) in [6.45, 7) is 2.15. The van der Waals surface area contributed by atoms with Crippen molar-refractivity contribution < 1.29 is 14.9 Å². The van der Waals surface area contributed by atoms with Crippen LogP contribution in [0.25, 0.3) is 0 Å². The SMILES string of the molecule is CNC1CC2Oc3c(O)ccc4c3[C@@]23CCN(CC2CC2)[C@H](C4)[C@]3(O)C1. The molecule has 5 atom stereocenters. The van der Waals surface area contributed by atoms with E-state index < -0.39 is 5.60 Å². The Balaban J connectivity index is 1.54. The number of rotatable bonds is 3. The first-order valence-corrected chi connectivity index (χ1v) is 10.2. The maximum atomic E-state index is 12.3. The van der Waals surface area contributed by atoms with Crippen molar-refractivity contribution in [1.82, 2.24) is 10.2 Å². The molecule has 2 saturated carbocycles. The fraction of sp³-hybridized carbons (Fsp3) is 0.714. The molecule has 6 rings (SSSR count). The number of hydrogen-bond acceptors (Lipinski definition) is 5. The van der Waals surface area contributed by atoms with Crippen LogP contribution in [0.2, 0.25) is 0 Å². The van der Waals surface area contributed by atoms with Gasteiger partial charge in [-0.3, -0.25) is 4.90 Å². The first kappa shape index (κ1) is 15.7. The Morgan fingerprint density at radius 3 is 2.96 bits per heavy atom. The van der Waals surface area contributed by atoms with Gasteiger partial charge in [-0.25, -0.2) is 0 Å². The topological polar surface area (TPSA) is 65.0 Å². The van der Waals surface area contributed by atoms with Gasteiger partial charge in [0.05, 0.1) is 11.0 Å². The summed E-state index contributed by atoms with van der Waals surface area (Å²) >= 11 is 0. The number of phenolic OH excluding ortho intramolecular Hbond substituents is 1. The maximum Gasteiger partial charge on any atom is 0.165 e. The molecule has 2 aliphatic heterocycles. The van der Waals surface area contributed by atoms with Crippen LogP contribution in [-0.4, -0.2) is 59.0 Å². The predicted molar refractivity (Wildman–Crippen MR) is 97.6 cm³/mol. The van der Waals surface area contributed by atoms with Crippen LogP contribution < -0.4 is 10.1 Å². The molecule has 0 aromatic heterocycles. The fourth-order valence-corrected chi connectivity index (χ4v) is 6.73. The Hall–Kier alpha value is -1.30. The third kappa shape index (κ3) is 1.73. The second kappa shape index (κ2) is 4.94. The van der Waals surface area contributed by atoms with Crippen molar-refractivity contribution in [1.29, 1.82) is 0 Å². The summed E-state index contributed by atoms with van der Waals surface area (Å²) in [5.74, 6) is 1.70. The minimum Gasteiger partial charge on any atom is -0.504 e. The quantitative estimate of drug-likeness (QED) is 0.767. The largest absolute Gasteiger partial charge is 0.504 e. The molecule has 2 bridgehead atoms. The zero-order valence-electron chi connectivity index (χ0n) is 15.4. The molecule has 5 nitrogen and oxygen atoms in total. The molecule has 3 fully saturated rings. The van der Waals surface area contributed by atoms with E-state index in [-0.39, 0.29) is 29.4 Å². The molecular weight excluding hydrogens is 328 g/mol. The van der Waals surface area contributed by atoms with E-state index in [0.717, 1.165) is 50.3 Å². The van der Waals surface area contributed by atoms with Gasteiger partial charge in [0.2, 0.25) is 0 Å². The van der Waals surface area contributed by atoms with Gasteiger partial charge in [-0.2, -0.15) is 0 Å². The standard InChI is InChI=1S/C21H28N2O3/c1-22-14-9-17-20-6-7-23(11-12-2-3-12)16(21(20,25)10-14)8-13-4-5-15(24)19(26-17)18(13)20/h4-5,12,14,16-17,22,24-25H,2-3,6-11H2,1H3/t14?,16-,17?,20-,21-/m1/s1. The van der Waals surface area contributed by atoms with E-state index in [2.05, 4.69) is 16.3 Å². The third-order valence-electron chi connectivity index (χ3n) is 8.10. The summed E-state index contributed by atoms with van der Waals surface area (Å²) in [6.07, 6.45) is 6.08. The summed E-state index contributed by atoms with van der Waals surface area (Å²) in [5, 5.41) is 26.1. The van der Waals surface area contributed by atoms with E-state index >= 15 is 0 Å². The van der Waals surface area contributed by atoms with Crippen LogP contribution in [-0.2, 0) is 11.8 Å². The number of nitrogens with zero attached hydrogens (tertiary/aromatic N) is 1. The lowest BCUT2D eigenvalue weighted by molar-refractivity contribution is -0.190. The molecular formula is C21H28N2O3. The van der Waals surface area contributed by atoms with Crippen LogP contribution >= 0.6 is 0 Å². The van der Waals surface area contributed by atoms with Gasteiger partial charge < -0.3 is 20.3 Å². The summed E-state index contributed by atoms with van der Waals surface area (Å²) < 4.78 is 6.37. The molecule has 1 spiro atoms. The van der Waals surface area contributed by atoms with E-state index in [1.807, 2.05) is 7.05 Å². The molecule has 1 aromatic carbocycles. The van der Waals surface area contributed by atoms with Crippen molar-refractivity contribution >= 4 is 0 Å². The predicted octanol–water partition coefficient (Wildman–Crippen LogP) is 1.54. The first-order valence-electron chi connectivity index (χ1n) is 10.2. The van der Waals surface area contributed by atoms with Crippen molar-refractivity contribution in [3.63, 3.8) is 0 Å². The van der Waals surface area contributed by atoms with Crippen LogP contribution in [0.15, 0.2) is 12.1 Å². The van der Waals surface area contributed by atoms with Gasteiger partial charge >= 0.3 is 0 Å². The molecule has 2 unspecified atom stereocenters. The molecule has 0 radical (unpaired) electrons. The van der Waals surface area contributed by atoms with Crippen LogP contribution in [0.4, 0.5) is 0 Å². The molecule has 140 valence electrons. The number of aliphatic hydroxyl groups is 1. The van der Waals surface area contributed by atoms with Gasteiger partial charge in [-0.15, -0.1) is 0 Å². The van der Waals surface area contributed by atoms with Crippen molar-refractivity contribution in [2.45, 2.75) is 67.7 Å². The number of likely N-dealkylation sites (tertiary alicyclic amines) is 1. The van der Waals surface area contributed by atoms with Gasteiger partial charge in [0.15, 0.2) is 11.5 Å². The van der Waals surface area contributed by atoms with E-state index in [1.165, 1.54) is 18.4 Å². The van der Waals surface area contributed by atoms with Gasteiger partial charge in [0.1, 0.15) is 6.10 Å². The summed E-state index contributed by atoms with van der Waals surface area (Å²) in [5.41, 5.74) is 1.26. The number of hydrogen-bond donors (Lipinski definition) is 3. The molecule has 26 heavy (non-hydrogen) atoms. The van der Waals surface area contributed by atoms with Gasteiger partial charge in [0, 0.05) is 30.6 Å². The van der Waals surface area contributed by atoms with E-state index in [1.54, 1.807) is 6.07 Å². The Labute approximate surface area is 154 Å². The lowest BCUT2D eigenvalue weighted by Crippen LogP contribution is -2.77. The number of benzene rings is 1. The Morgan fingerprint density at radius 1 is 1.35 bits per heavy atom. The molecule has 2 heterocycles. The number of aromatic hydroxyl groups is 1. The summed E-state index contributed by atoms with van der Waals surface area (Å²) in [6, 6.07) is 4.25. The maximum absolute atomic E-state index is 12.3. The molecule has 5 aliphatic rings. The molecule has 3 aliphatic carbocycles. The smallest absolute Gasteiger partial charge is 0.165 e. The van der Waals surface area contributed by atoms with Crippen molar-refractivity contribution in [2.75, 3.05) is 20.1 Å². The summed E-state index contributed by atoms with van der Waals surface area (Å²) in [4.78, 5) is 2.58. The van der Waals surface area contributed by atoms with Gasteiger partial charge in [-0.05, 0) is 63.2 Å². The number of nitrogens with one attached hydrogen (secondary N) is 1. The highest BCUT2D eigenvalue weighted by molar-refractivity contribution is 5.62. The average Bonchev–Trinajstić information content (AvgIpc) is 3.36. The van der Waals surface area contributed by atoms with E-state index in [4.69, 9.17) is 4.74 Å². The minimum absolute atomic E-state index is 0.0494. The zero-order chi connectivity index (χ0) is 17.7. The van der Waals surface area contributed by atoms with Gasteiger partial charge in [0.25, 0.3) is 0 Å². The second-order valence-electron chi connectivity index (χ2n) is 9.28. The molecule has 1 aromatic rings. The molecule has 3 N–H and O–H groups in total. The van der Waals surface area contributed by atoms with Crippen molar-refractivity contribution in [3.05, 3.63) is 23.3 Å². The molecule has 5 heteroatoms. The molecule has 1 saturated heterocycles. The lowest BCUT2D eigenvalue weighted by Gasteiger charge is -2.64. The number of phenols is 1. The average molecular weight is 356 g/mol. The van der Waals surface area contributed by atoms with Gasteiger partial charge in [-0.1, -0.05) is 6.07 Å². The van der Waals surface area contributed by atoms with Crippen molar-refractivity contribution in [2.24, 2.45) is 5.92 Å². The number of piperidine rings is 1. The highest BCUT2D eigenvalue weighted by Crippen LogP contribution is 2.65. The van der Waals surface area contributed by atoms with Crippen molar-refractivity contribution in [3.8, 4) is 11.5 Å². The van der Waals surface area contributed by atoms with Crippen LogP contribution in [0.5, 0.6) is 11.5 Å². The van der Waals surface area contributed by atoms with Crippen LogP contribution in [0.1, 0.15) is 43.2 Å². The monoisotopic (exact) mass is 356 g/mol.